The van der Waals surface area contributed by atoms with Gasteiger partial charge in [0, 0.05) is 11.5 Å². The molecule has 0 aliphatic carbocycles. The largest absolute Gasteiger partial charge is 0.480 e. The standard InChI is InChI=1S/2C6H11NO2S/c1-2-3-10-4-5(7)6(8)9;1-2-3-7-5(4-10)6(8)9/h2-3,5H,4,7H2,1H3,(H,8,9);2-3,5,7,10H,4H2,1H3,(H,8,9)/b3-2+;3-2-/t;5-/m.0/s1. The van der Waals surface area contributed by atoms with Gasteiger partial charge in [0.2, 0.25) is 0 Å². The van der Waals surface area contributed by atoms with Crippen LogP contribution >= 0.6 is 24.4 Å². The molecule has 0 aliphatic rings. The maximum Gasteiger partial charge on any atom is 0.326 e. The molecule has 0 aromatic heterocycles. The first kappa shape index (κ1) is 21.2. The third-order valence-corrected chi connectivity index (χ3v) is 3.15. The van der Waals surface area contributed by atoms with Crippen LogP contribution < -0.4 is 11.1 Å². The van der Waals surface area contributed by atoms with Crippen molar-refractivity contribution in [3.05, 3.63) is 23.8 Å². The topological polar surface area (TPSA) is 113 Å². The van der Waals surface area contributed by atoms with Crippen LogP contribution in [-0.2, 0) is 9.59 Å². The molecule has 0 radical (unpaired) electrons. The highest BCUT2D eigenvalue weighted by atomic mass is 32.2. The number of rotatable bonds is 8. The monoisotopic (exact) mass is 322 g/mol. The third-order valence-electron chi connectivity index (χ3n) is 1.77. The lowest BCUT2D eigenvalue weighted by atomic mass is 10.3. The van der Waals surface area contributed by atoms with Gasteiger partial charge in [-0.3, -0.25) is 4.79 Å². The van der Waals surface area contributed by atoms with Crippen molar-refractivity contribution in [1.82, 2.24) is 5.32 Å². The minimum absolute atomic E-state index is 0.291. The highest BCUT2D eigenvalue weighted by molar-refractivity contribution is 8.02. The summed E-state index contributed by atoms with van der Waals surface area (Å²) in [4.78, 5) is 20.4. The fourth-order valence-electron chi connectivity index (χ4n) is 0.741. The summed E-state index contributed by atoms with van der Waals surface area (Å²) < 4.78 is 0. The molecule has 8 heteroatoms. The minimum Gasteiger partial charge on any atom is -0.480 e. The van der Waals surface area contributed by atoms with Crippen LogP contribution in [0.5, 0.6) is 0 Å². The van der Waals surface area contributed by atoms with Crippen LogP contribution in [0.1, 0.15) is 13.8 Å². The van der Waals surface area contributed by atoms with Gasteiger partial charge in [-0.25, -0.2) is 4.79 Å². The fraction of sp³-hybridized carbons (Fsp3) is 0.500. The molecule has 1 unspecified atom stereocenters. The van der Waals surface area contributed by atoms with Gasteiger partial charge in [0.1, 0.15) is 12.1 Å². The van der Waals surface area contributed by atoms with Crippen molar-refractivity contribution in [3.63, 3.8) is 0 Å². The van der Waals surface area contributed by atoms with E-state index in [0.717, 1.165) is 0 Å². The van der Waals surface area contributed by atoms with Crippen molar-refractivity contribution in [3.8, 4) is 0 Å². The molecule has 0 saturated carbocycles. The van der Waals surface area contributed by atoms with Crippen molar-refractivity contribution in [2.75, 3.05) is 11.5 Å². The van der Waals surface area contributed by atoms with Crippen LogP contribution in [-0.4, -0.2) is 45.7 Å². The van der Waals surface area contributed by atoms with Crippen molar-refractivity contribution in [2.45, 2.75) is 25.9 Å². The first-order valence-electron chi connectivity index (χ1n) is 5.82. The SMILES string of the molecule is C/C=C/SCC(N)C(=O)O.C/C=C\N[C@@H](CS)C(=O)O. The van der Waals surface area contributed by atoms with Crippen LogP contribution in [0.15, 0.2) is 23.8 Å². The zero-order valence-electron chi connectivity index (χ0n) is 11.5. The first-order valence-corrected chi connectivity index (χ1v) is 7.50. The Hall–Kier alpha value is -1.12. The van der Waals surface area contributed by atoms with E-state index in [1.165, 1.54) is 11.8 Å². The number of thiol groups is 1. The lowest BCUT2D eigenvalue weighted by Crippen LogP contribution is -2.34. The van der Waals surface area contributed by atoms with Gasteiger partial charge in [-0.05, 0) is 25.5 Å². The molecule has 6 nitrogen and oxygen atoms in total. The Morgan fingerprint density at radius 2 is 1.90 bits per heavy atom. The van der Waals surface area contributed by atoms with E-state index < -0.39 is 24.0 Å². The summed E-state index contributed by atoms with van der Waals surface area (Å²) in [5.41, 5.74) is 5.20. The molecule has 0 heterocycles. The molecule has 0 saturated heterocycles. The zero-order chi connectivity index (χ0) is 16.0. The van der Waals surface area contributed by atoms with Crippen LogP contribution in [0, 0.1) is 0 Å². The maximum absolute atomic E-state index is 10.3. The van der Waals surface area contributed by atoms with Crippen LogP contribution in [0.3, 0.4) is 0 Å². The van der Waals surface area contributed by atoms with Crippen molar-refractivity contribution in [1.29, 1.82) is 0 Å². The predicted octanol–water partition coefficient (Wildman–Crippen LogP) is 1.16. The summed E-state index contributed by atoms with van der Waals surface area (Å²) in [5, 5.41) is 21.3. The minimum atomic E-state index is -0.947. The molecule has 0 fully saturated rings. The van der Waals surface area contributed by atoms with Crippen molar-refractivity contribution >= 4 is 36.3 Å². The number of carbonyl (C=O) groups is 2. The van der Waals surface area contributed by atoms with Crippen LogP contribution in [0.2, 0.25) is 0 Å². The van der Waals surface area contributed by atoms with Crippen molar-refractivity contribution in [2.24, 2.45) is 5.73 Å². The van der Waals surface area contributed by atoms with Gasteiger partial charge in [0.15, 0.2) is 0 Å². The van der Waals surface area contributed by atoms with E-state index in [2.05, 4.69) is 17.9 Å². The fourth-order valence-corrected chi connectivity index (χ4v) is 1.66. The maximum atomic E-state index is 10.3. The number of aliphatic carboxylic acids is 2. The summed E-state index contributed by atoms with van der Waals surface area (Å²) in [5.74, 6) is -1.11. The van der Waals surface area contributed by atoms with E-state index in [-0.39, 0.29) is 0 Å². The zero-order valence-corrected chi connectivity index (χ0v) is 13.2. The molecule has 2 atom stereocenters. The molecule has 20 heavy (non-hydrogen) atoms. The Bertz CT molecular complexity index is 335. The Labute approximate surface area is 128 Å². The second-order valence-corrected chi connectivity index (χ2v) is 4.79. The number of thioether (sulfide) groups is 1. The van der Waals surface area contributed by atoms with E-state index in [4.69, 9.17) is 15.9 Å². The van der Waals surface area contributed by atoms with Gasteiger partial charge in [-0.15, -0.1) is 11.8 Å². The summed E-state index contributed by atoms with van der Waals surface area (Å²) in [6, 6.07) is -1.33. The number of carboxylic acid groups (broad SMARTS) is 2. The molecule has 0 rings (SSSR count). The highest BCUT2D eigenvalue weighted by Crippen LogP contribution is 2.02. The molecule has 5 N–H and O–H groups in total. The number of nitrogens with one attached hydrogen (secondary N) is 1. The Morgan fingerprint density at radius 3 is 2.25 bits per heavy atom. The van der Waals surface area contributed by atoms with Crippen LogP contribution in [0.25, 0.3) is 0 Å². The van der Waals surface area contributed by atoms with Gasteiger partial charge < -0.3 is 21.3 Å². The van der Waals surface area contributed by atoms with Crippen molar-refractivity contribution < 1.29 is 19.8 Å². The van der Waals surface area contributed by atoms with E-state index in [0.29, 0.717) is 11.5 Å². The first-order chi connectivity index (χ1) is 9.40. The average Bonchev–Trinajstić information content (AvgIpc) is 2.40. The quantitative estimate of drug-likeness (QED) is 0.426. The van der Waals surface area contributed by atoms with E-state index in [9.17, 15) is 9.59 Å². The van der Waals surface area contributed by atoms with E-state index in [1.807, 2.05) is 25.3 Å². The molecule has 0 aliphatic heterocycles. The number of hydrogen-bond donors (Lipinski definition) is 5. The number of carboxylic acids is 2. The number of allylic oxidation sites excluding steroid dienone is 2. The van der Waals surface area contributed by atoms with Gasteiger partial charge in [-0.1, -0.05) is 12.2 Å². The summed E-state index contributed by atoms with van der Waals surface area (Å²) in [6.07, 6.45) is 5.17. The van der Waals surface area contributed by atoms with Gasteiger partial charge >= 0.3 is 11.9 Å². The molecule has 0 bridgehead atoms. The van der Waals surface area contributed by atoms with Gasteiger partial charge in [0.05, 0.1) is 0 Å². The normalized spacial score (nSPS) is 13.6. The second-order valence-electron chi connectivity index (χ2n) is 3.49. The lowest BCUT2D eigenvalue weighted by molar-refractivity contribution is -0.139. The van der Waals surface area contributed by atoms with Crippen LogP contribution in [0.4, 0.5) is 0 Å². The average molecular weight is 322 g/mol. The van der Waals surface area contributed by atoms with Gasteiger partial charge in [0.25, 0.3) is 0 Å². The molecular weight excluding hydrogens is 300 g/mol. The van der Waals surface area contributed by atoms with Gasteiger partial charge in [-0.2, -0.15) is 12.6 Å². The number of hydrogen-bond acceptors (Lipinski definition) is 6. The molecular formula is C12H22N2O4S2. The smallest absolute Gasteiger partial charge is 0.326 e. The Morgan fingerprint density at radius 1 is 1.30 bits per heavy atom. The molecule has 0 spiro atoms. The lowest BCUT2D eigenvalue weighted by Gasteiger charge is -2.07. The summed E-state index contributed by atoms with van der Waals surface area (Å²) in [6.45, 7) is 3.68. The highest BCUT2D eigenvalue weighted by Gasteiger charge is 2.11. The molecule has 0 aromatic rings. The van der Waals surface area contributed by atoms with E-state index >= 15 is 0 Å². The van der Waals surface area contributed by atoms with E-state index in [1.54, 1.807) is 12.3 Å². The summed E-state index contributed by atoms with van der Waals surface area (Å²) >= 11 is 5.25. The number of nitrogens with two attached hydrogens (primary N) is 1. The Balaban J connectivity index is 0. The molecule has 0 aromatic carbocycles. The molecule has 0 amide bonds. The Kier molecular flexibility index (Phi) is 15.1. The predicted molar refractivity (Wildman–Crippen MR) is 86.1 cm³/mol. The summed E-state index contributed by atoms with van der Waals surface area (Å²) in [7, 11) is 0. The third kappa shape index (κ3) is 13.3. The second kappa shape index (κ2) is 14.3. The molecule has 116 valence electrons.